The van der Waals surface area contributed by atoms with Gasteiger partial charge < -0.3 is 9.73 Å². The number of thioether (sulfide) groups is 1. The van der Waals surface area contributed by atoms with Crippen molar-refractivity contribution in [2.24, 2.45) is 0 Å². The molecular weight excluding hydrogens is 364 g/mol. The van der Waals surface area contributed by atoms with Gasteiger partial charge in [-0.2, -0.15) is 0 Å². The van der Waals surface area contributed by atoms with Gasteiger partial charge in [0.1, 0.15) is 12.3 Å². The Balaban J connectivity index is 1.62. The quantitative estimate of drug-likeness (QED) is 0.767. The lowest BCUT2D eigenvalue weighted by molar-refractivity contribution is -0.129. The highest BCUT2D eigenvalue weighted by Gasteiger charge is 2.36. The molecule has 3 amide bonds. The maximum Gasteiger partial charge on any atom is 0.294 e. The summed E-state index contributed by atoms with van der Waals surface area (Å²) in [4.78, 5) is 37.9. The number of imide groups is 1. The average Bonchev–Trinajstić information content (AvgIpc) is 3.25. The van der Waals surface area contributed by atoms with E-state index >= 15 is 0 Å². The molecule has 140 valence electrons. The van der Waals surface area contributed by atoms with Gasteiger partial charge in [0.05, 0.1) is 17.7 Å². The Hall–Kier alpha value is -2.80. The van der Waals surface area contributed by atoms with Crippen molar-refractivity contribution in [2.75, 3.05) is 6.54 Å². The number of amides is 3. The lowest BCUT2D eigenvalue weighted by Crippen LogP contribution is -2.39. The van der Waals surface area contributed by atoms with Crippen molar-refractivity contribution in [2.45, 2.75) is 26.3 Å². The van der Waals surface area contributed by atoms with Crippen LogP contribution in [0.4, 0.5) is 4.79 Å². The van der Waals surface area contributed by atoms with Crippen LogP contribution in [0, 0.1) is 0 Å². The fourth-order valence-corrected chi connectivity index (χ4v) is 3.40. The molecule has 0 atom stereocenters. The Morgan fingerprint density at radius 1 is 1.22 bits per heavy atom. The van der Waals surface area contributed by atoms with E-state index in [4.69, 9.17) is 4.42 Å². The first kappa shape index (κ1) is 19.0. The standard InChI is InChI=1S/C20H20N2O4S/c1-13(2)15-7-5-14(6-8-15)10-17-19(24)22(20(25)27-17)12-18(23)21-11-16-4-3-9-26-16/h3-10,13H,11-12H2,1-2H3,(H,21,23)/b17-10-. The molecule has 1 fully saturated rings. The molecule has 1 saturated heterocycles. The summed E-state index contributed by atoms with van der Waals surface area (Å²) in [5.74, 6) is 0.149. The monoisotopic (exact) mass is 384 g/mol. The summed E-state index contributed by atoms with van der Waals surface area (Å²) in [5.41, 5.74) is 2.04. The first-order chi connectivity index (χ1) is 12.9. The van der Waals surface area contributed by atoms with Crippen molar-refractivity contribution in [1.29, 1.82) is 0 Å². The summed E-state index contributed by atoms with van der Waals surface area (Å²) in [7, 11) is 0. The molecule has 1 aliphatic heterocycles. The van der Waals surface area contributed by atoms with Gasteiger partial charge in [0.15, 0.2) is 0 Å². The van der Waals surface area contributed by atoms with Gasteiger partial charge in [0.25, 0.3) is 11.1 Å². The van der Waals surface area contributed by atoms with Crippen LogP contribution >= 0.6 is 11.8 Å². The summed E-state index contributed by atoms with van der Waals surface area (Å²) < 4.78 is 5.13. The fourth-order valence-electron chi connectivity index (χ4n) is 2.56. The molecule has 0 bridgehead atoms. The lowest BCUT2D eigenvalue weighted by Gasteiger charge is -2.11. The van der Waals surface area contributed by atoms with E-state index in [-0.39, 0.29) is 13.1 Å². The van der Waals surface area contributed by atoms with E-state index in [1.807, 2.05) is 24.3 Å². The van der Waals surface area contributed by atoms with Crippen molar-refractivity contribution in [3.8, 4) is 0 Å². The van der Waals surface area contributed by atoms with Crippen LogP contribution in [0.5, 0.6) is 0 Å². The number of carbonyl (C=O) groups excluding carboxylic acids is 3. The minimum absolute atomic E-state index is 0.208. The third-order valence-corrected chi connectivity index (χ3v) is 5.02. The minimum Gasteiger partial charge on any atom is -0.467 e. The van der Waals surface area contributed by atoms with E-state index in [2.05, 4.69) is 19.2 Å². The molecule has 7 heteroatoms. The molecule has 0 aliphatic carbocycles. The molecule has 3 rings (SSSR count). The van der Waals surface area contributed by atoms with Gasteiger partial charge in [-0.25, -0.2) is 0 Å². The second-order valence-corrected chi connectivity index (χ2v) is 7.44. The van der Waals surface area contributed by atoms with Crippen LogP contribution in [0.25, 0.3) is 6.08 Å². The molecule has 1 aromatic heterocycles. The third kappa shape index (κ3) is 4.68. The van der Waals surface area contributed by atoms with Crippen molar-refractivity contribution < 1.29 is 18.8 Å². The molecule has 2 heterocycles. The van der Waals surface area contributed by atoms with E-state index in [0.29, 0.717) is 16.6 Å². The second-order valence-electron chi connectivity index (χ2n) is 6.45. The van der Waals surface area contributed by atoms with Gasteiger partial charge in [-0.3, -0.25) is 19.3 Å². The number of nitrogens with one attached hydrogen (secondary N) is 1. The second kappa shape index (κ2) is 8.26. The van der Waals surface area contributed by atoms with E-state index in [9.17, 15) is 14.4 Å². The van der Waals surface area contributed by atoms with Crippen LogP contribution in [-0.4, -0.2) is 28.5 Å². The Morgan fingerprint density at radius 2 is 1.96 bits per heavy atom. The molecule has 1 N–H and O–H groups in total. The number of furan rings is 1. The topological polar surface area (TPSA) is 79.6 Å². The van der Waals surface area contributed by atoms with E-state index in [0.717, 1.165) is 22.2 Å². The number of nitrogens with zero attached hydrogens (tertiary/aromatic N) is 1. The molecule has 1 aliphatic rings. The fraction of sp³-hybridized carbons (Fsp3) is 0.250. The molecule has 2 aromatic rings. The van der Waals surface area contributed by atoms with Gasteiger partial charge in [-0.15, -0.1) is 0 Å². The van der Waals surface area contributed by atoms with Gasteiger partial charge in [0.2, 0.25) is 5.91 Å². The van der Waals surface area contributed by atoms with Crippen LogP contribution in [0.2, 0.25) is 0 Å². The molecule has 0 spiro atoms. The Kier molecular flexibility index (Phi) is 5.81. The average molecular weight is 384 g/mol. The van der Waals surface area contributed by atoms with Crippen LogP contribution in [0.15, 0.2) is 52.0 Å². The molecular formula is C20H20N2O4S. The summed E-state index contributed by atoms with van der Waals surface area (Å²) in [6, 6.07) is 11.3. The number of rotatable bonds is 6. The van der Waals surface area contributed by atoms with Gasteiger partial charge in [-0.1, -0.05) is 38.1 Å². The molecule has 0 unspecified atom stereocenters. The summed E-state index contributed by atoms with van der Waals surface area (Å²) in [6.45, 7) is 4.11. The molecule has 0 radical (unpaired) electrons. The largest absolute Gasteiger partial charge is 0.467 e. The molecule has 6 nitrogen and oxygen atoms in total. The van der Waals surface area contributed by atoms with E-state index in [1.165, 1.54) is 11.8 Å². The number of benzene rings is 1. The zero-order valence-electron chi connectivity index (χ0n) is 15.1. The number of carbonyl (C=O) groups is 3. The highest BCUT2D eigenvalue weighted by Crippen LogP contribution is 2.32. The van der Waals surface area contributed by atoms with E-state index in [1.54, 1.807) is 18.2 Å². The van der Waals surface area contributed by atoms with Crippen molar-refractivity contribution >= 4 is 34.9 Å². The first-order valence-electron chi connectivity index (χ1n) is 8.58. The SMILES string of the molecule is CC(C)c1ccc(/C=C2\SC(=O)N(CC(=O)NCc3ccco3)C2=O)cc1. The van der Waals surface area contributed by atoms with E-state index < -0.39 is 17.1 Å². The number of hydrogen-bond donors (Lipinski definition) is 1. The Bertz CT molecular complexity index is 870. The summed E-state index contributed by atoms with van der Waals surface area (Å²) in [5, 5.41) is 2.18. The van der Waals surface area contributed by atoms with Gasteiger partial charge in [-0.05, 0) is 47.0 Å². The maximum absolute atomic E-state index is 12.5. The van der Waals surface area contributed by atoms with Gasteiger partial charge >= 0.3 is 0 Å². The lowest BCUT2D eigenvalue weighted by atomic mass is 10.0. The smallest absolute Gasteiger partial charge is 0.294 e. The van der Waals surface area contributed by atoms with Crippen LogP contribution in [0.1, 0.15) is 36.7 Å². The summed E-state index contributed by atoms with van der Waals surface area (Å²) in [6.07, 6.45) is 3.19. The van der Waals surface area contributed by atoms with Crippen LogP contribution in [0.3, 0.4) is 0 Å². The Labute approximate surface area is 161 Å². The van der Waals surface area contributed by atoms with Gasteiger partial charge in [0, 0.05) is 0 Å². The molecule has 0 saturated carbocycles. The first-order valence-corrected chi connectivity index (χ1v) is 9.40. The zero-order chi connectivity index (χ0) is 19.4. The molecule has 1 aromatic carbocycles. The van der Waals surface area contributed by atoms with Crippen LogP contribution < -0.4 is 5.32 Å². The Morgan fingerprint density at radius 3 is 2.59 bits per heavy atom. The predicted octanol–water partition coefficient (Wildman–Crippen LogP) is 3.76. The minimum atomic E-state index is -0.453. The van der Waals surface area contributed by atoms with Crippen molar-refractivity contribution in [3.63, 3.8) is 0 Å². The van der Waals surface area contributed by atoms with Crippen molar-refractivity contribution in [1.82, 2.24) is 10.2 Å². The maximum atomic E-state index is 12.5. The van der Waals surface area contributed by atoms with Crippen molar-refractivity contribution in [3.05, 3.63) is 64.5 Å². The zero-order valence-corrected chi connectivity index (χ0v) is 15.9. The molecule has 27 heavy (non-hydrogen) atoms. The van der Waals surface area contributed by atoms with Crippen LogP contribution in [-0.2, 0) is 16.1 Å². The third-order valence-electron chi connectivity index (χ3n) is 4.12. The predicted molar refractivity (Wildman–Crippen MR) is 104 cm³/mol. The highest BCUT2D eigenvalue weighted by molar-refractivity contribution is 8.18. The summed E-state index contributed by atoms with van der Waals surface area (Å²) >= 11 is 0.845. The normalized spacial score (nSPS) is 15.8. The number of hydrogen-bond acceptors (Lipinski definition) is 5. The highest BCUT2D eigenvalue weighted by atomic mass is 32.2.